The van der Waals surface area contributed by atoms with Crippen LogP contribution in [0.25, 0.3) is 0 Å². The zero-order chi connectivity index (χ0) is 10.9. The third-order valence-corrected chi connectivity index (χ3v) is 1.43. The summed E-state index contributed by atoms with van der Waals surface area (Å²) in [7, 11) is 0. The molecule has 0 radical (unpaired) electrons. The summed E-state index contributed by atoms with van der Waals surface area (Å²) in [6, 6.07) is 0. The van der Waals surface area contributed by atoms with Gasteiger partial charge in [-0.1, -0.05) is 0 Å². The second-order valence-electron chi connectivity index (χ2n) is 2.20. The molecule has 0 aromatic carbocycles. The van der Waals surface area contributed by atoms with Crippen LogP contribution in [0.5, 0.6) is 0 Å². The van der Waals surface area contributed by atoms with E-state index in [1.807, 2.05) is 5.43 Å². The Bertz CT molecular complexity index is 336. The maximum atomic E-state index is 10.3. The molecule has 11 heteroatoms. The van der Waals surface area contributed by atoms with E-state index in [0.717, 1.165) is 0 Å². The molecule has 1 unspecified atom stereocenters. The van der Waals surface area contributed by atoms with Crippen LogP contribution in [0.2, 0.25) is 0 Å². The summed E-state index contributed by atoms with van der Waals surface area (Å²) in [5.41, 5.74) is 0.925. The van der Waals surface area contributed by atoms with Crippen molar-refractivity contribution in [1.29, 1.82) is 0 Å². The van der Waals surface area contributed by atoms with E-state index in [1.54, 1.807) is 0 Å². The van der Waals surface area contributed by atoms with E-state index in [9.17, 15) is 30.3 Å². The molecule has 0 bridgehead atoms. The normalized spacial score (nSPS) is 19.9. The fourth-order valence-electron chi connectivity index (χ4n) is 0.883. The predicted molar refractivity (Wildman–Crippen MR) is 37.8 cm³/mol. The zero-order valence-electron chi connectivity index (χ0n) is 6.39. The van der Waals surface area contributed by atoms with Gasteiger partial charge in [-0.05, 0) is 0 Å². The van der Waals surface area contributed by atoms with Crippen molar-refractivity contribution < 1.29 is 14.9 Å². The first-order valence-corrected chi connectivity index (χ1v) is 3.13. The molecule has 0 fully saturated rings. The van der Waals surface area contributed by atoms with Gasteiger partial charge in [0.1, 0.15) is 6.20 Å². The number of hydrazine groups is 2. The SMILES string of the molecule is O=[N+]([O-])C1=CNN([N+](=O)[O-])C1[N+](=O)[O-]. The van der Waals surface area contributed by atoms with Crippen LogP contribution in [0, 0.1) is 30.3 Å². The van der Waals surface area contributed by atoms with Crippen molar-refractivity contribution in [3.8, 4) is 0 Å². The Balaban J connectivity index is 2.98. The molecule has 0 aromatic heterocycles. The highest BCUT2D eigenvalue weighted by Gasteiger charge is 2.52. The van der Waals surface area contributed by atoms with Crippen molar-refractivity contribution >= 4 is 0 Å². The Labute approximate surface area is 75.0 Å². The van der Waals surface area contributed by atoms with Gasteiger partial charge in [0.05, 0.1) is 15.0 Å². The van der Waals surface area contributed by atoms with E-state index < -0.39 is 26.7 Å². The van der Waals surface area contributed by atoms with Gasteiger partial charge in [0.25, 0.3) is 0 Å². The molecule has 76 valence electrons. The van der Waals surface area contributed by atoms with Crippen LogP contribution in [0.1, 0.15) is 0 Å². The maximum absolute atomic E-state index is 10.3. The van der Waals surface area contributed by atoms with Crippen molar-refractivity contribution in [3.63, 3.8) is 0 Å². The molecule has 1 aliphatic rings. The topological polar surface area (TPSA) is 145 Å². The quantitative estimate of drug-likeness (QED) is 0.442. The number of hydrogen-bond acceptors (Lipinski definition) is 7. The molecule has 0 spiro atoms. The van der Waals surface area contributed by atoms with Crippen LogP contribution in [-0.2, 0) is 0 Å². The van der Waals surface area contributed by atoms with E-state index in [2.05, 4.69) is 0 Å². The van der Waals surface area contributed by atoms with Gasteiger partial charge in [0, 0.05) is 0 Å². The Morgan fingerprint density at radius 1 is 1.29 bits per heavy atom. The summed E-state index contributed by atoms with van der Waals surface area (Å²) in [6.45, 7) is 0. The summed E-state index contributed by atoms with van der Waals surface area (Å²) >= 11 is 0. The highest BCUT2D eigenvalue weighted by atomic mass is 16.7. The van der Waals surface area contributed by atoms with Gasteiger partial charge in [-0.15, -0.1) is 0 Å². The monoisotopic (exact) mass is 205 g/mol. The number of nitrogens with one attached hydrogen (secondary N) is 1. The molecule has 1 heterocycles. The Kier molecular flexibility index (Phi) is 2.14. The third-order valence-electron chi connectivity index (χ3n) is 1.43. The summed E-state index contributed by atoms with van der Waals surface area (Å²) < 4.78 is 0. The first-order valence-electron chi connectivity index (χ1n) is 3.13. The second kappa shape index (κ2) is 3.12. The van der Waals surface area contributed by atoms with E-state index >= 15 is 0 Å². The van der Waals surface area contributed by atoms with Crippen molar-refractivity contribution in [2.75, 3.05) is 0 Å². The van der Waals surface area contributed by atoms with E-state index in [4.69, 9.17) is 0 Å². The minimum atomic E-state index is -2.11. The van der Waals surface area contributed by atoms with Crippen LogP contribution in [0.3, 0.4) is 0 Å². The van der Waals surface area contributed by atoms with Crippen molar-refractivity contribution in [2.45, 2.75) is 6.17 Å². The summed E-state index contributed by atoms with van der Waals surface area (Å²) in [6.07, 6.45) is -1.50. The third kappa shape index (κ3) is 1.37. The Morgan fingerprint density at radius 3 is 2.21 bits per heavy atom. The molecule has 1 rings (SSSR count). The molecular weight excluding hydrogens is 202 g/mol. The van der Waals surface area contributed by atoms with Crippen LogP contribution in [0.15, 0.2) is 11.9 Å². The van der Waals surface area contributed by atoms with Crippen LogP contribution < -0.4 is 5.43 Å². The number of nitrogens with zero attached hydrogens (tertiary/aromatic N) is 4. The zero-order valence-corrected chi connectivity index (χ0v) is 6.39. The highest BCUT2D eigenvalue weighted by Crippen LogP contribution is 2.15. The average molecular weight is 205 g/mol. The molecule has 0 saturated carbocycles. The van der Waals surface area contributed by atoms with Gasteiger partial charge >= 0.3 is 11.9 Å². The molecule has 0 aliphatic carbocycles. The lowest BCUT2D eigenvalue weighted by molar-refractivity contribution is -0.740. The first-order chi connectivity index (χ1) is 6.45. The number of nitro groups is 3. The van der Waals surface area contributed by atoms with Gasteiger partial charge < -0.3 is 0 Å². The Hall–Kier alpha value is -2.46. The largest absolute Gasteiger partial charge is 0.446 e. The molecule has 11 nitrogen and oxygen atoms in total. The second-order valence-corrected chi connectivity index (χ2v) is 2.20. The highest BCUT2D eigenvalue weighted by molar-refractivity contribution is 5.00. The van der Waals surface area contributed by atoms with E-state index in [1.165, 1.54) is 0 Å². The van der Waals surface area contributed by atoms with Crippen LogP contribution in [-0.4, -0.2) is 26.2 Å². The van der Waals surface area contributed by atoms with Crippen molar-refractivity contribution in [2.24, 2.45) is 0 Å². The molecule has 0 aromatic rings. The lowest BCUT2D eigenvalue weighted by Gasteiger charge is -2.07. The minimum absolute atomic E-state index is 0.0574. The van der Waals surface area contributed by atoms with Crippen LogP contribution >= 0.6 is 0 Å². The van der Waals surface area contributed by atoms with Gasteiger partial charge in [0.2, 0.25) is 0 Å². The molecule has 1 atom stereocenters. The molecule has 14 heavy (non-hydrogen) atoms. The maximum Gasteiger partial charge on any atom is 0.446 e. The lowest BCUT2D eigenvalue weighted by atomic mass is 10.4. The fourth-order valence-corrected chi connectivity index (χ4v) is 0.883. The van der Waals surface area contributed by atoms with Crippen LogP contribution in [0.4, 0.5) is 0 Å². The number of hydrogen-bond donors (Lipinski definition) is 1. The summed E-state index contributed by atoms with van der Waals surface area (Å²) in [4.78, 5) is 28.5. The molecule has 0 saturated heterocycles. The molecular formula is C3H3N5O6. The lowest BCUT2D eigenvalue weighted by Crippen LogP contribution is -2.47. The Morgan fingerprint density at radius 2 is 1.86 bits per heavy atom. The van der Waals surface area contributed by atoms with Gasteiger partial charge in [-0.3, -0.25) is 20.2 Å². The van der Waals surface area contributed by atoms with Crippen molar-refractivity contribution in [1.82, 2.24) is 10.5 Å². The minimum Gasteiger partial charge on any atom is -0.262 e. The van der Waals surface area contributed by atoms with E-state index in [0.29, 0.717) is 6.20 Å². The summed E-state index contributed by atoms with van der Waals surface area (Å²) in [5, 5.41) is 29.5. The molecule has 0 amide bonds. The molecule has 1 N–H and O–H groups in total. The standard InChI is InChI=1S/C3H3N5O6/c9-6(10)2-1-4-5(8(13)14)3(2)7(11)12/h1,3-4H. The van der Waals surface area contributed by atoms with Gasteiger partial charge in [0.15, 0.2) is 5.03 Å². The predicted octanol–water partition coefficient (Wildman–Crippen LogP) is -1.28. The fraction of sp³-hybridized carbons (Fsp3) is 0.333. The first kappa shape index (κ1) is 9.63. The summed E-state index contributed by atoms with van der Waals surface area (Å²) in [5.74, 6) is 0. The smallest absolute Gasteiger partial charge is 0.262 e. The van der Waals surface area contributed by atoms with E-state index in [-0.39, 0.29) is 5.12 Å². The average Bonchev–Trinajstić information content (AvgIpc) is 2.46. The van der Waals surface area contributed by atoms with Crippen molar-refractivity contribution in [3.05, 3.63) is 42.2 Å². The van der Waals surface area contributed by atoms with Gasteiger partial charge in [-0.2, -0.15) is 0 Å². The molecule has 1 aliphatic heterocycles. The number of rotatable bonds is 3. The van der Waals surface area contributed by atoms with Gasteiger partial charge in [-0.25, -0.2) is 15.5 Å².